The summed E-state index contributed by atoms with van der Waals surface area (Å²) in [6, 6.07) is 3.08. The molecule has 2 aliphatic rings. The molecule has 1 aliphatic carbocycles. The third kappa shape index (κ3) is 4.76. The Bertz CT molecular complexity index is 1150. The minimum absolute atomic E-state index is 0.0792. The average molecular weight is 483 g/mol. The lowest BCUT2D eigenvalue weighted by molar-refractivity contribution is -0.149. The Labute approximate surface area is 189 Å². The maximum Gasteiger partial charge on any atom is 0.311 e. The lowest BCUT2D eigenvalue weighted by Crippen LogP contribution is -2.50. The molecule has 0 spiro atoms. The third-order valence-electron chi connectivity index (χ3n) is 6.02. The lowest BCUT2D eigenvalue weighted by atomic mass is 9.79. The topological polar surface area (TPSA) is 147 Å². The van der Waals surface area contributed by atoms with Crippen molar-refractivity contribution in [2.75, 3.05) is 19.3 Å². The fourth-order valence-electron chi connectivity index (χ4n) is 4.32. The minimum atomic E-state index is -3.32. The molecule has 1 unspecified atom stereocenters. The van der Waals surface area contributed by atoms with Gasteiger partial charge in [-0.05, 0) is 25.3 Å². The van der Waals surface area contributed by atoms with Gasteiger partial charge in [0.15, 0.2) is 0 Å². The Morgan fingerprint density at radius 1 is 1.38 bits per heavy atom. The molecule has 4 rings (SSSR count). The Morgan fingerprint density at radius 2 is 2.12 bits per heavy atom. The molecule has 11 nitrogen and oxygen atoms in total. The van der Waals surface area contributed by atoms with E-state index < -0.39 is 21.4 Å². The molecule has 0 aromatic carbocycles. The number of nitrogens with one attached hydrogen (secondary N) is 1. The number of sulfonamides is 1. The first-order valence-electron chi connectivity index (χ1n) is 10.1. The van der Waals surface area contributed by atoms with Gasteiger partial charge in [0.2, 0.25) is 15.9 Å². The van der Waals surface area contributed by atoms with E-state index in [0.29, 0.717) is 42.3 Å². The molecule has 1 aliphatic heterocycles. The third-order valence-corrected chi connectivity index (χ3v) is 6.99. The Balaban J connectivity index is 1.41. The van der Waals surface area contributed by atoms with Crippen molar-refractivity contribution in [1.82, 2.24) is 29.6 Å². The van der Waals surface area contributed by atoms with E-state index in [1.807, 2.05) is 0 Å². The van der Waals surface area contributed by atoms with Crippen LogP contribution in [0.3, 0.4) is 0 Å². The largest absolute Gasteiger partial charge is 0.481 e. The molecule has 2 aromatic heterocycles. The summed E-state index contributed by atoms with van der Waals surface area (Å²) >= 11 is 5.91. The van der Waals surface area contributed by atoms with Crippen molar-refractivity contribution in [2.24, 2.45) is 11.3 Å². The molecule has 13 heteroatoms. The maximum absolute atomic E-state index is 12.8. The maximum atomic E-state index is 12.8. The van der Waals surface area contributed by atoms with Crippen LogP contribution in [0.5, 0.6) is 0 Å². The SMILES string of the molecule is CS(=O)(=O)NC1CC(C(=O)N2CCC(Cc3cn(-c4ccnc(Cl)c4)nn3)(C(=O)O)C2)C1. The number of likely N-dealkylation sites (tertiary alicyclic amines) is 1. The van der Waals surface area contributed by atoms with Crippen molar-refractivity contribution in [1.29, 1.82) is 0 Å². The van der Waals surface area contributed by atoms with Crippen LogP contribution in [0.4, 0.5) is 0 Å². The predicted octanol–water partition coefficient (Wildman–Crippen LogP) is 0.489. The number of carboxylic acids is 1. The molecule has 1 atom stereocenters. The number of hydrogen-bond donors (Lipinski definition) is 2. The standard InChI is InChI=1S/C19H23ClN6O5S/c1-32(30,31)23-13-6-12(7-13)17(27)25-5-3-19(11-25,18(28)29)9-14-10-26(24-22-14)15-2-4-21-16(20)8-15/h2,4,8,10,12-13,23H,3,5-7,9,11H2,1H3,(H,28,29). The van der Waals surface area contributed by atoms with Crippen LogP contribution in [-0.2, 0) is 26.0 Å². The van der Waals surface area contributed by atoms with Gasteiger partial charge in [0.1, 0.15) is 5.15 Å². The summed E-state index contributed by atoms with van der Waals surface area (Å²) in [5.41, 5.74) is -0.00473. The highest BCUT2D eigenvalue weighted by Gasteiger charge is 2.49. The molecule has 2 N–H and O–H groups in total. The normalized spacial score (nSPS) is 25.5. The predicted molar refractivity (Wildman–Crippen MR) is 114 cm³/mol. The van der Waals surface area contributed by atoms with Crippen LogP contribution in [0.1, 0.15) is 25.0 Å². The van der Waals surface area contributed by atoms with Crippen molar-refractivity contribution in [3.63, 3.8) is 0 Å². The Hall–Kier alpha value is -2.57. The molecule has 1 saturated heterocycles. The molecule has 0 radical (unpaired) electrons. The molecule has 2 aromatic rings. The molecular weight excluding hydrogens is 460 g/mol. The second-order valence-electron chi connectivity index (χ2n) is 8.52. The highest BCUT2D eigenvalue weighted by atomic mass is 35.5. The van der Waals surface area contributed by atoms with E-state index in [0.717, 1.165) is 6.26 Å². The van der Waals surface area contributed by atoms with Crippen molar-refractivity contribution in [2.45, 2.75) is 31.7 Å². The summed E-state index contributed by atoms with van der Waals surface area (Å²) in [6.45, 7) is 0.412. The summed E-state index contributed by atoms with van der Waals surface area (Å²) in [6.07, 6.45) is 5.55. The molecular formula is C19H23ClN6O5S. The van der Waals surface area contributed by atoms with Gasteiger partial charge in [-0.2, -0.15) is 0 Å². The van der Waals surface area contributed by atoms with Crippen LogP contribution in [0.15, 0.2) is 24.5 Å². The van der Waals surface area contributed by atoms with Gasteiger partial charge < -0.3 is 10.0 Å². The van der Waals surface area contributed by atoms with Gasteiger partial charge in [-0.15, -0.1) is 5.10 Å². The first kappa shape index (κ1) is 22.6. The van der Waals surface area contributed by atoms with E-state index in [4.69, 9.17) is 11.6 Å². The minimum Gasteiger partial charge on any atom is -0.481 e. The number of carboxylic acid groups (broad SMARTS) is 1. The first-order chi connectivity index (χ1) is 15.0. The monoisotopic (exact) mass is 482 g/mol. The number of aliphatic carboxylic acids is 1. The number of hydrogen-bond acceptors (Lipinski definition) is 7. The van der Waals surface area contributed by atoms with Gasteiger partial charge in [-0.25, -0.2) is 22.8 Å². The zero-order valence-corrected chi connectivity index (χ0v) is 18.9. The molecule has 1 amide bonds. The molecule has 1 saturated carbocycles. The Morgan fingerprint density at radius 3 is 2.78 bits per heavy atom. The summed E-state index contributed by atoms with van der Waals surface area (Å²) in [5.74, 6) is -1.41. The van der Waals surface area contributed by atoms with E-state index >= 15 is 0 Å². The van der Waals surface area contributed by atoms with Gasteiger partial charge in [-0.1, -0.05) is 16.8 Å². The van der Waals surface area contributed by atoms with Gasteiger partial charge >= 0.3 is 5.97 Å². The van der Waals surface area contributed by atoms with Gasteiger partial charge in [-0.3, -0.25) is 9.59 Å². The summed E-state index contributed by atoms with van der Waals surface area (Å²) in [7, 11) is -3.32. The van der Waals surface area contributed by atoms with Gasteiger partial charge in [0.05, 0.1) is 29.2 Å². The number of rotatable bonds is 7. The van der Waals surface area contributed by atoms with Crippen LogP contribution >= 0.6 is 11.6 Å². The van der Waals surface area contributed by atoms with Gasteiger partial charge in [0, 0.05) is 43.7 Å². The van der Waals surface area contributed by atoms with Crippen LogP contribution < -0.4 is 4.72 Å². The molecule has 172 valence electrons. The van der Waals surface area contributed by atoms with Crippen LogP contribution in [0, 0.1) is 11.3 Å². The van der Waals surface area contributed by atoms with Crippen molar-refractivity contribution in [3.8, 4) is 5.69 Å². The van der Waals surface area contributed by atoms with E-state index in [2.05, 4.69) is 20.0 Å². The quantitative estimate of drug-likeness (QED) is 0.542. The fourth-order valence-corrected chi connectivity index (χ4v) is 5.28. The van der Waals surface area contributed by atoms with Gasteiger partial charge in [0.25, 0.3) is 0 Å². The van der Waals surface area contributed by atoms with E-state index in [1.54, 1.807) is 23.2 Å². The number of carbonyl (C=O) groups is 2. The summed E-state index contributed by atoms with van der Waals surface area (Å²) in [5, 5.41) is 18.4. The number of amides is 1. The molecule has 2 fully saturated rings. The molecule has 3 heterocycles. The number of pyridine rings is 1. The number of nitrogens with zero attached hydrogens (tertiary/aromatic N) is 5. The smallest absolute Gasteiger partial charge is 0.311 e. The summed E-state index contributed by atoms with van der Waals surface area (Å²) in [4.78, 5) is 30.5. The molecule has 32 heavy (non-hydrogen) atoms. The van der Waals surface area contributed by atoms with Crippen LogP contribution in [0.25, 0.3) is 5.69 Å². The van der Waals surface area contributed by atoms with Crippen LogP contribution in [-0.4, -0.2) is 75.7 Å². The Kier molecular flexibility index (Phi) is 5.94. The van der Waals surface area contributed by atoms with E-state index in [1.165, 1.54) is 10.9 Å². The number of carbonyl (C=O) groups excluding carboxylic acids is 1. The first-order valence-corrected chi connectivity index (χ1v) is 12.3. The summed E-state index contributed by atoms with van der Waals surface area (Å²) < 4.78 is 26.6. The highest BCUT2D eigenvalue weighted by Crippen LogP contribution is 2.37. The molecule has 0 bridgehead atoms. The van der Waals surface area contributed by atoms with Crippen LogP contribution in [0.2, 0.25) is 5.15 Å². The zero-order chi connectivity index (χ0) is 23.1. The van der Waals surface area contributed by atoms with Crippen molar-refractivity contribution >= 4 is 33.5 Å². The van der Waals surface area contributed by atoms with Crippen molar-refractivity contribution < 1.29 is 23.1 Å². The average Bonchev–Trinajstić information content (AvgIpc) is 3.32. The second kappa shape index (κ2) is 8.41. The number of aromatic nitrogens is 4. The number of halogens is 1. The lowest BCUT2D eigenvalue weighted by Gasteiger charge is -2.36. The zero-order valence-electron chi connectivity index (χ0n) is 17.3. The van der Waals surface area contributed by atoms with E-state index in [-0.39, 0.29) is 30.8 Å². The van der Waals surface area contributed by atoms with Crippen molar-refractivity contribution in [3.05, 3.63) is 35.4 Å². The second-order valence-corrected chi connectivity index (χ2v) is 10.7. The fraction of sp³-hybridized carbons (Fsp3) is 0.526. The highest BCUT2D eigenvalue weighted by molar-refractivity contribution is 7.88. The van der Waals surface area contributed by atoms with E-state index in [9.17, 15) is 23.1 Å².